The van der Waals surface area contributed by atoms with E-state index in [1.54, 1.807) is 11.9 Å². The Bertz CT molecular complexity index is 560. The van der Waals surface area contributed by atoms with Crippen molar-refractivity contribution in [2.75, 3.05) is 39.0 Å². The highest BCUT2D eigenvalue weighted by Crippen LogP contribution is 2.14. The fraction of sp³-hybridized carbons (Fsp3) is 0.438. The third-order valence-electron chi connectivity index (χ3n) is 3.22. The van der Waals surface area contributed by atoms with Gasteiger partial charge in [-0.2, -0.15) is 0 Å². The molecule has 0 atom stereocenters. The number of aryl methyl sites for hydroxylation is 1. The summed E-state index contributed by atoms with van der Waals surface area (Å²) in [6.45, 7) is 2.08. The summed E-state index contributed by atoms with van der Waals surface area (Å²) in [5, 5.41) is 7.80. The van der Waals surface area contributed by atoms with E-state index in [2.05, 4.69) is 16.0 Å². The van der Waals surface area contributed by atoms with E-state index in [1.807, 2.05) is 31.2 Å². The maximum atomic E-state index is 11.9. The molecule has 1 aromatic carbocycles. The van der Waals surface area contributed by atoms with Crippen molar-refractivity contribution < 1.29 is 14.4 Å². The van der Waals surface area contributed by atoms with Crippen molar-refractivity contribution in [2.45, 2.75) is 13.3 Å². The van der Waals surface area contributed by atoms with Crippen LogP contribution in [0.25, 0.3) is 0 Å². The van der Waals surface area contributed by atoms with Crippen LogP contribution in [0.4, 0.5) is 5.69 Å². The normalized spacial score (nSPS) is 10.3. The van der Waals surface area contributed by atoms with Gasteiger partial charge >= 0.3 is 0 Å². The zero-order chi connectivity index (χ0) is 17.2. The van der Waals surface area contributed by atoms with E-state index >= 15 is 0 Å². The molecule has 0 fully saturated rings. The standard InChI is InChI=1S/C16H24N4O3/c1-4-12-7-5-6-8-13(12)19-14(21)9-18-16(23)11-20(3)10-15(22)17-2/h5-8H,4,9-11H2,1-3H3,(H,17,22)(H,18,23)(H,19,21). The lowest BCUT2D eigenvalue weighted by Gasteiger charge is -2.15. The first-order chi connectivity index (χ1) is 11.0. The van der Waals surface area contributed by atoms with Crippen molar-refractivity contribution in [1.82, 2.24) is 15.5 Å². The highest BCUT2D eigenvalue weighted by Gasteiger charge is 2.11. The lowest BCUT2D eigenvalue weighted by atomic mass is 10.1. The minimum Gasteiger partial charge on any atom is -0.358 e. The lowest BCUT2D eigenvalue weighted by molar-refractivity contribution is -0.126. The highest BCUT2D eigenvalue weighted by molar-refractivity contribution is 5.95. The Labute approximate surface area is 136 Å². The fourth-order valence-corrected chi connectivity index (χ4v) is 2.00. The molecular weight excluding hydrogens is 296 g/mol. The summed E-state index contributed by atoms with van der Waals surface area (Å²) in [7, 11) is 3.20. The molecule has 0 aliphatic carbocycles. The first-order valence-electron chi connectivity index (χ1n) is 7.49. The molecule has 1 rings (SSSR count). The van der Waals surface area contributed by atoms with Crippen LogP contribution in [0.5, 0.6) is 0 Å². The number of rotatable bonds is 8. The molecule has 0 aromatic heterocycles. The minimum absolute atomic E-state index is 0.0479. The number of carbonyl (C=O) groups is 3. The van der Waals surface area contributed by atoms with Gasteiger partial charge in [-0.3, -0.25) is 19.3 Å². The van der Waals surface area contributed by atoms with Gasteiger partial charge in [-0.1, -0.05) is 25.1 Å². The van der Waals surface area contributed by atoms with Crippen molar-refractivity contribution in [3.05, 3.63) is 29.8 Å². The van der Waals surface area contributed by atoms with E-state index in [0.29, 0.717) is 0 Å². The van der Waals surface area contributed by atoms with Gasteiger partial charge in [0.1, 0.15) is 0 Å². The zero-order valence-corrected chi connectivity index (χ0v) is 13.8. The number of anilines is 1. The Morgan fingerprint density at radius 3 is 2.35 bits per heavy atom. The molecule has 0 spiro atoms. The van der Waals surface area contributed by atoms with Crippen molar-refractivity contribution in [2.24, 2.45) is 0 Å². The minimum atomic E-state index is -0.310. The first kappa shape index (κ1) is 18.6. The maximum Gasteiger partial charge on any atom is 0.243 e. The van der Waals surface area contributed by atoms with Gasteiger partial charge in [0.05, 0.1) is 19.6 Å². The van der Waals surface area contributed by atoms with E-state index in [1.165, 1.54) is 7.05 Å². The summed E-state index contributed by atoms with van der Waals surface area (Å²) in [6, 6.07) is 7.54. The Kier molecular flexibility index (Phi) is 7.76. The Balaban J connectivity index is 2.38. The molecule has 0 aliphatic rings. The number of benzene rings is 1. The number of carbonyl (C=O) groups excluding carboxylic acids is 3. The number of nitrogens with zero attached hydrogens (tertiary/aromatic N) is 1. The van der Waals surface area contributed by atoms with Gasteiger partial charge in [0.15, 0.2) is 0 Å². The number of nitrogens with one attached hydrogen (secondary N) is 3. The van der Waals surface area contributed by atoms with E-state index in [0.717, 1.165) is 17.7 Å². The fourth-order valence-electron chi connectivity index (χ4n) is 2.00. The molecule has 0 bridgehead atoms. The van der Waals surface area contributed by atoms with E-state index in [9.17, 15) is 14.4 Å². The van der Waals surface area contributed by atoms with Crippen LogP contribution in [0.3, 0.4) is 0 Å². The van der Waals surface area contributed by atoms with E-state index < -0.39 is 0 Å². The molecule has 126 valence electrons. The smallest absolute Gasteiger partial charge is 0.243 e. The molecule has 0 radical (unpaired) electrons. The van der Waals surface area contributed by atoms with Crippen LogP contribution in [-0.2, 0) is 20.8 Å². The van der Waals surface area contributed by atoms with Crippen molar-refractivity contribution in [1.29, 1.82) is 0 Å². The highest BCUT2D eigenvalue weighted by atomic mass is 16.2. The van der Waals surface area contributed by atoms with Crippen LogP contribution in [0.15, 0.2) is 24.3 Å². The largest absolute Gasteiger partial charge is 0.358 e. The van der Waals surface area contributed by atoms with Gasteiger partial charge in [0, 0.05) is 12.7 Å². The maximum absolute atomic E-state index is 11.9. The number of likely N-dealkylation sites (N-methyl/N-ethyl adjacent to an activating group) is 2. The second-order valence-electron chi connectivity index (χ2n) is 5.18. The number of para-hydroxylation sites is 1. The molecule has 0 saturated carbocycles. The summed E-state index contributed by atoms with van der Waals surface area (Å²) >= 11 is 0. The predicted molar refractivity (Wildman–Crippen MR) is 89.0 cm³/mol. The van der Waals surface area contributed by atoms with Crippen LogP contribution in [0.2, 0.25) is 0 Å². The quantitative estimate of drug-likeness (QED) is 0.628. The van der Waals surface area contributed by atoms with Gasteiger partial charge in [-0.25, -0.2) is 0 Å². The predicted octanol–water partition coefficient (Wildman–Crippen LogP) is -0.0185. The average molecular weight is 320 g/mol. The van der Waals surface area contributed by atoms with E-state index in [4.69, 9.17) is 0 Å². The average Bonchev–Trinajstić information content (AvgIpc) is 2.53. The second-order valence-corrected chi connectivity index (χ2v) is 5.18. The van der Waals surface area contributed by atoms with Crippen LogP contribution >= 0.6 is 0 Å². The molecule has 7 nitrogen and oxygen atoms in total. The molecule has 1 aromatic rings. The van der Waals surface area contributed by atoms with Crippen LogP contribution < -0.4 is 16.0 Å². The van der Waals surface area contributed by atoms with Crippen LogP contribution in [0.1, 0.15) is 12.5 Å². The van der Waals surface area contributed by atoms with Crippen LogP contribution in [0, 0.1) is 0 Å². The van der Waals surface area contributed by atoms with Crippen molar-refractivity contribution >= 4 is 23.4 Å². The molecule has 0 saturated heterocycles. The zero-order valence-electron chi connectivity index (χ0n) is 13.8. The monoisotopic (exact) mass is 320 g/mol. The Hall–Kier alpha value is -2.41. The molecule has 3 amide bonds. The molecular formula is C16H24N4O3. The van der Waals surface area contributed by atoms with E-state index in [-0.39, 0.29) is 37.4 Å². The summed E-state index contributed by atoms with van der Waals surface area (Å²) < 4.78 is 0. The van der Waals surface area contributed by atoms with Gasteiger partial charge in [0.2, 0.25) is 17.7 Å². The van der Waals surface area contributed by atoms with Crippen LogP contribution in [-0.4, -0.2) is 56.4 Å². The summed E-state index contributed by atoms with van der Waals surface area (Å²) in [4.78, 5) is 36.4. The lowest BCUT2D eigenvalue weighted by Crippen LogP contribution is -2.42. The Morgan fingerprint density at radius 1 is 1.04 bits per heavy atom. The summed E-state index contributed by atoms with van der Waals surface area (Å²) in [5.41, 5.74) is 1.79. The first-order valence-corrected chi connectivity index (χ1v) is 7.49. The van der Waals surface area contributed by atoms with Crippen molar-refractivity contribution in [3.63, 3.8) is 0 Å². The second kappa shape index (κ2) is 9.58. The molecule has 0 heterocycles. The van der Waals surface area contributed by atoms with Gasteiger partial charge < -0.3 is 16.0 Å². The molecule has 7 heteroatoms. The third-order valence-corrected chi connectivity index (χ3v) is 3.22. The number of hydrogen-bond acceptors (Lipinski definition) is 4. The molecule has 0 aliphatic heterocycles. The number of hydrogen-bond donors (Lipinski definition) is 3. The molecule has 0 unspecified atom stereocenters. The SMILES string of the molecule is CCc1ccccc1NC(=O)CNC(=O)CN(C)CC(=O)NC. The van der Waals surface area contributed by atoms with Gasteiger partial charge in [0.25, 0.3) is 0 Å². The molecule has 23 heavy (non-hydrogen) atoms. The summed E-state index contributed by atoms with van der Waals surface area (Å²) in [5.74, 6) is -0.766. The molecule has 3 N–H and O–H groups in total. The van der Waals surface area contributed by atoms with Gasteiger partial charge in [-0.05, 0) is 25.1 Å². The van der Waals surface area contributed by atoms with Gasteiger partial charge in [-0.15, -0.1) is 0 Å². The third kappa shape index (κ3) is 6.92. The Morgan fingerprint density at radius 2 is 1.70 bits per heavy atom. The number of amides is 3. The summed E-state index contributed by atoms with van der Waals surface area (Å²) in [6.07, 6.45) is 0.813. The topological polar surface area (TPSA) is 90.5 Å². The van der Waals surface area contributed by atoms with Crippen molar-refractivity contribution in [3.8, 4) is 0 Å².